The van der Waals surface area contributed by atoms with Gasteiger partial charge in [-0.25, -0.2) is 0 Å². The lowest BCUT2D eigenvalue weighted by molar-refractivity contribution is -0.137. The number of carbonyl (C=O) groups is 3. The lowest BCUT2D eigenvalue weighted by atomic mass is 10.2. The van der Waals surface area contributed by atoms with Gasteiger partial charge in [-0.2, -0.15) is 0 Å². The fourth-order valence-corrected chi connectivity index (χ4v) is 3.24. The number of nitrogens with one attached hydrogen (secondary N) is 2. The van der Waals surface area contributed by atoms with Crippen LogP contribution in [-0.4, -0.2) is 45.4 Å². The summed E-state index contributed by atoms with van der Waals surface area (Å²) >= 11 is 1.09. The summed E-state index contributed by atoms with van der Waals surface area (Å²) in [6, 6.07) is 6.06. The smallest absolute Gasteiger partial charge is 0.316 e. The summed E-state index contributed by atoms with van der Waals surface area (Å²) in [7, 11) is 1.29. The lowest BCUT2D eigenvalue weighted by Gasteiger charge is -2.19. The number of nitrogens with two attached hydrogens (primary N) is 1. The van der Waals surface area contributed by atoms with Crippen LogP contribution in [-0.2, 0) is 19.1 Å². The van der Waals surface area contributed by atoms with E-state index in [1.54, 1.807) is 24.3 Å². The molecule has 1 atom stereocenters. The van der Waals surface area contributed by atoms with Crippen molar-refractivity contribution in [3.63, 3.8) is 0 Å². The maximum Gasteiger partial charge on any atom is 0.316 e. The van der Waals surface area contributed by atoms with E-state index in [1.807, 2.05) is 6.92 Å². The molecule has 0 aliphatic heterocycles. The fraction of sp³-hybridized carbons (Fsp3) is 0.353. The number of methoxy groups -OCH3 is 1. The Balaban J connectivity index is 2.14. The molecule has 10 nitrogen and oxygen atoms in total. The number of benzene rings is 1. The van der Waals surface area contributed by atoms with Crippen molar-refractivity contribution in [1.29, 1.82) is 0 Å². The highest BCUT2D eigenvalue weighted by Gasteiger charge is 2.25. The zero-order valence-corrected chi connectivity index (χ0v) is 16.6. The third-order valence-corrected chi connectivity index (χ3v) is 4.63. The Kier molecular flexibility index (Phi) is 7.38. The topological polar surface area (TPSA) is 141 Å². The molecule has 1 aromatic heterocycles. The Morgan fingerprint density at radius 3 is 2.32 bits per heavy atom. The average Bonchev–Trinajstić information content (AvgIpc) is 3.02. The van der Waals surface area contributed by atoms with Crippen LogP contribution in [0.2, 0.25) is 0 Å². The number of amides is 2. The third kappa shape index (κ3) is 5.46. The molecule has 0 saturated heterocycles. The number of hydrogen-bond acceptors (Lipinski definition) is 8. The van der Waals surface area contributed by atoms with Crippen molar-refractivity contribution in [1.82, 2.24) is 14.8 Å². The minimum Gasteiger partial charge on any atom is -0.468 e. The van der Waals surface area contributed by atoms with Crippen molar-refractivity contribution < 1.29 is 19.1 Å². The van der Waals surface area contributed by atoms with E-state index in [-0.39, 0.29) is 23.5 Å². The predicted molar refractivity (Wildman–Crippen MR) is 106 cm³/mol. The van der Waals surface area contributed by atoms with Crippen molar-refractivity contribution in [2.24, 2.45) is 0 Å². The van der Waals surface area contributed by atoms with Crippen LogP contribution >= 0.6 is 11.8 Å². The highest BCUT2D eigenvalue weighted by atomic mass is 32.2. The zero-order chi connectivity index (χ0) is 20.7. The van der Waals surface area contributed by atoms with Crippen LogP contribution in [0.1, 0.15) is 26.3 Å². The van der Waals surface area contributed by atoms with Gasteiger partial charge in [0.2, 0.25) is 17.8 Å². The molecule has 2 aromatic rings. The molecular weight excluding hydrogens is 384 g/mol. The summed E-state index contributed by atoms with van der Waals surface area (Å²) in [6.45, 7) is 3.25. The van der Waals surface area contributed by atoms with Crippen LogP contribution in [0.5, 0.6) is 0 Å². The van der Waals surface area contributed by atoms with Gasteiger partial charge in [0.05, 0.1) is 12.9 Å². The summed E-state index contributed by atoms with van der Waals surface area (Å²) in [6.07, 6.45) is 0.434. The van der Waals surface area contributed by atoms with Crippen LogP contribution in [0.3, 0.4) is 0 Å². The largest absolute Gasteiger partial charge is 0.468 e. The number of nitrogens with zero attached hydrogens (tertiary/aromatic N) is 3. The highest BCUT2D eigenvalue weighted by molar-refractivity contribution is 7.99. The minimum absolute atomic E-state index is 0.0251. The maximum atomic E-state index is 12.8. The molecule has 1 aromatic carbocycles. The van der Waals surface area contributed by atoms with E-state index in [0.29, 0.717) is 23.0 Å². The molecule has 0 radical (unpaired) electrons. The number of anilines is 3. The summed E-state index contributed by atoms with van der Waals surface area (Å²) in [4.78, 5) is 35.2. The molecule has 0 fully saturated rings. The Morgan fingerprint density at radius 1 is 1.18 bits per heavy atom. The quantitative estimate of drug-likeness (QED) is 0.444. The summed E-state index contributed by atoms with van der Waals surface area (Å²) in [5.41, 5.74) is 7.08. The number of hydrogen-bond donors (Lipinski definition) is 3. The molecule has 1 unspecified atom stereocenters. The molecule has 0 saturated carbocycles. The molecule has 2 rings (SSSR count). The van der Waals surface area contributed by atoms with Gasteiger partial charge >= 0.3 is 5.97 Å². The molecule has 150 valence electrons. The molecule has 28 heavy (non-hydrogen) atoms. The van der Waals surface area contributed by atoms with Crippen LogP contribution in [0, 0.1) is 0 Å². The third-order valence-electron chi connectivity index (χ3n) is 3.71. The summed E-state index contributed by atoms with van der Waals surface area (Å²) in [5.74, 6) is -0.800. The van der Waals surface area contributed by atoms with Gasteiger partial charge in [-0.1, -0.05) is 18.7 Å². The molecule has 0 aliphatic carbocycles. The standard InChI is InChI=1S/C17H22N6O4S/c1-4-13(23-16(18)21-22-17(23)28-9-14(25)27-3)15(26)20-12-7-5-11(6-8-12)19-10(2)24/h5-8,13H,4,9H2,1-3H3,(H2,18,21)(H,19,24)(H,20,26). The first-order valence-electron chi connectivity index (χ1n) is 8.44. The first kappa shape index (κ1) is 21.2. The summed E-state index contributed by atoms with van der Waals surface area (Å²) in [5, 5.41) is 13.6. The van der Waals surface area contributed by atoms with Gasteiger partial charge in [0.15, 0.2) is 5.16 Å². The number of rotatable bonds is 8. The van der Waals surface area contributed by atoms with Crippen LogP contribution in [0.25, 0.3) is 0 Å². The number of esters is 1. The highest BCUT2D eigenvalue weighted by Crippen LogP contribution is 2.26. The average molecular weight is 406 g/mol. The minimum atomic E-state index is -0.662. The zero-order valence-electron chi connectivity index (χ0n) is 15.8. The molecular formula is C17H22N6O4S. The predicted octanol–water partition coefficient (Wildman–Crippen LogP) is 1.67. The normalized spacial score (nSPS) is 11.5. The molecule has 4 N–H and O–H groups in total. The van der Waals surface area contributed by atoms with Crippen LogP contribution in [0.4, 0.5) is 17.3 Å². The van der Waals surface area contributed by atoms with Gasteiger partial charge in [0.1, 0.15) is 6.04 Å². The van der Waals surface area contributed by atoms with Gasteiger partial charge in [0.25, 0.3) is 0 Å². The monoisotopic (exact) mass is 406 g/mol. The van der Waals surface area contributed by atoms with Gasteiger partial charge < -0.3 is 21.1 Å². The first-order chi connectivity index (χ1) is 13.3. The summed E-state index contributed by atoms with van der Waals surface area (Å²) < 4.78 is 6.11. The Hall–Kier alpha value is -3.08. The number of aromatic nitrogens is 3. The second-order valence-electron chi connectivity index (χ2n) is 5.75. The van der Waals surface area contributed by atoms with E-state index in [2.05, 4.69) is 25.6 Å². The van der Waals surface area contributed by atoms with E-state index >= 15 is 0 Å². The fourth-order valence-electron chi connectivity index (χ4n) is 2.41. The van der Waals surface area contributed by atoms with Gasteiger partial charge in [-0.05, 0) is 30.7 Å². The second kappa shape index (κ2) is 9.74. The van der Waals surface area contributed by atoms with Crippen LogP contribution < -0.4 is 16.4 Å². The molecule has 1 heterocycles. The van der Waals surface area contributed by atoms with Crippen molar-refractivity contribution in [2.45, 2.75) is 31.5 Å². The molecule has 0 bridgehead atoms. The number of nitrogen functional groups attached to an aromatic ring is 1. The van der Waals surface area contributed by atoms with Crippen molar-refractivity contribution in [3.8, 4) is 0 Å². The Morgan fingerprint density at radius 2 is 1.79 bits per heavy atom. The molecule has 0 spiro atoms. The van der Waals surface area contributed by atoms with E-state index in [1.165, 1.54) is 18.6 Å². The molecule has 0 aliphatic rings. The number of carbonyl (C=O) groups excluding carboxylic acids is 3. The molecule has 2 amide bonds. The lowest BCUT2D eigenvalue weighted by Crippen LogP contribution is -2.27. The number of ether oxygens (including phenoxy) is 1. The van der Waals surface area contributed by atoms with E-state index in [0.717, 1.165) is 11.8 Å². The van der Waals surface area contributed by atoms with Gasteiger partial charge in [0, 0.05) is 18.3 Å². The van der Waals surface area contributed by atoms with Crippen LogP contribution in [0.15, 0.2) is 29.4 Å². The first-order valence-corrected chi connectivity index (χ1v) is 9.42. The van der Waals surface area contributed by atoms with Gasteiger partial charge in [-0.15, -0.1) is 10.2 Å². The number of thioether (sulfide) groups is 1. The van der Waals surface area contributed by atoms with E-state index < -0.39 is 12.0 Å². The van der Waals surface area contributed by atoms with Crippen molar-refractivity contribution in [3.05, 3.63) is 24.3 Å². The Bertz CT molecular complexity index is 852. The molecule has 11 heteroatoms. The van der Waals surface area contributed by atoms with Gasteiger partial charge in [-0.3, -0.25) is 19.0 Å². The Labute approximate surface area is 166 Å². The second-order valence-corrected chi connectivity index (χ2v) is 6.69. The SMILES string of the molecule is CCC(C(=O)Nc1ccc(NC(C)=O)cc1)n1c(N)nnc1SCC(=O)OC. The van der Waals surface area contributed by atoms with E-state index in [4.69, 9.17) is 5.73 Å². The van der Waals surface area contributed by atoms with E-state index in [9.17, 15) is 14.4 Å². The van der Waals surface area contributed by atoms with Crippen molar-refractivity contribution in [2.75, 3.05) is 29.2 Å². The maximum absolute atomic E-state index is 12.8. The van der Waals surface area contributed by atoms with Crippen molar-refractivity contribution >= 4 is 46.9 Å².